The third-order valence-electron chi connectivity index (χ3n) is 2.88. The first-order chi connectivity index (χ1) is 10.1. The molecule has 1 heterocycles. The molecule has 0 aliphatic heterocycles. The summed E-state index contributed by atoms with van der Waals surface area (Å²) < 4.78 is 5.40. The van der Waals surface area contributed by atoms with Crippen LogP contribution in [-0.4, -0.2) is 11.6 Å². The Balaban J connectivity index is 2.53. The maximum Gasteiger partial charge on any atom is 0.266 e. The lowest BCUT2D eigenvalue weighted by molar-refractivity contribution is 0.363. The number of hydrogen-bond acceptors (Lipinski definition) is 3. The van der Waals surface area contributed by atoms with Gasteiger partial charge in [0.15, 0.2) is 0 Å². The van der Waals surface area contributed by atoms with Crippen molar-refractivity contribution in [3.63, 3.8) is 0 Å². The summed E-state index contributed by atoms with van der Waals surface area (Å²) in [5, 5.41) is 9.57. The van der Waals surface area contributed by atoms with E-state index in [2.05, 4.69) is 11.6 Å². The molecule has 0 aliphatic carbocycles. The number of rotatable bonds is 4. The lowest BCUT2D eigenvalue weighted by atomic mass is 10.0. The SMILES string of the molecule is C=CCOc1ccc(-c2cc(C)[nH]c(=O)c2C#N)cc1Cl. The Morgan fingerprint density at radius 1 is 1.48 bits per heavy atom. The van der Waals surface area contributed by atoms with Crippen LogP contribution in [0.2, 0.25) is 5.02 Å². The van der Waals surface area contributed by atoms with Gasteiger partial charge >= 0.3 is 0 Å². The Bertz CT molecular complexity index is 788. The minimum absolute atomic E-state index is 0.0661. The average molecular weight is 301 g/mol. The summed E-state index contributed by atoms with van der Waals surface area (Å²) in [6, 6.07) is 8.82. The number of nitriles is 1. The molecule has 0 fully saturated rings. The normalized spacial score (nSPS) is 9.95. The summed E-state index contributed by atoms with van der Waals surface area (Å²) in [7, 11) is 0. The summed E-state index contributed by atoms with van der Waals surface area (Å²) in [6.07, 6.45) is 1.62. The summed E-state index contributed by atoms with van der Waals surface area (Å²) in [5.74, 6) is 0.528. The van der Waals surface area contributed by atoms with Gasteiger partial charge in [0.05, 0.1) is 5.02 Å². The number of aromatic amines is 1. The summed E-state index contributed by atoms with van der Waals surface area (Å²) in [6.45, 7) is 5.68. The van der Waals surface area contributed by atoms with E-state index >= 15 is 0 Å². The molecule has 1 aromatic carbocycles. The molecule has 0 aliphatic rings. The third-order valence-corrected chi connectivity index (χ3v) is 3.17. The fourth-order valence-corrected chi connectivity index (χ4v) is 2.20. The third kappa shape index (κ3) is 3.15. The molecule has 0 saturated carbocycles. The molecule has 4 nitrogen and oxygen atoms in total. The molecule has 106 valence electrons. The fraction of sp³-hybridized carbons (Fsp3) is 0.125. The van der Waals surface area contributed by atoms with Crippen molar-refractivity contribution in [2.24, 2.45) is 0 Å². The molecule has 0 atom stereocenters. The Morgan fingerprint density at radius 3 is 2.86 bits per heavy atom. The number of nitrogens with zero attached hydrogens (tertiary/aromatic N) is 1. The van der Waals surface area contributed by atoms with Crippen LogP contribution in [0.4, 0.5) is 0 Å². The zero-order valence-corrected chi connectivity index (χ0v) is 12.2. The van der Waals surface area contributed by atoms with Crippen LogP contribution in [0.1, 0.15) is 11.3 Å². The molecule has 0 amide bonds. The maximum absolute atomic E-state index is 11.8. The lowest BCUT2D eigenvalue weighted by Gasteiger charge is -2.09. The summed E-state index contributed by atoms with van der Waals surface area (Å²) in [5.41, 5.74) is 1.58. The lowest BCUT2D eigenvalue weighted by Crippen LogP contribution is -2.12. The number of benzene rings is 1. The Morgan fingerprint density at radius 2 is 2.24 bits per heavy atom. The van der Waals surface area contributed by atoms with Crippen LogP contribution in [0.5, 0.6) is 5.75 Å². The van der Waals surface area contributed by atoms with E-state index in [0.717, 1.165) is 0 Å². The first-order valence-electron chi connectivity index (χ1n) is 6.24. The van der Waals surface area contributed by atoms with Crippen molar-refractivity contribution in [3.8, 4) is 22.9 Å². The topological polar surface area (TPSA) is 65.9 Å². The zero-order chi connectivity index (χ0) is 15.4. The molecule has 2 aromatic rings. The largest absolute Gasteiger partial charge is 0.488 e. The highest BCUT2D eigenvalue weighted by atomic mass is 35.5. The van der Waals surface area contributed by atoms with Gasteiger partial charge in [0.25, 0.3) is 5.56 Å². The summed E-state index contributed by atoms with van der Waals surface area (Å²) >= 11 is 6.16. The number of pyridine rings is 1. The van der Waals surface area contributed by atoms with Crippen LogP contribution < -0.4 is 10.3 Å². The van der Waals surface area contributed by atoms with Crippen molar-refractivity contribution >= 4 is 11.6 Å². The Kier molecular flexibility index (Phi) is 4.46. The molecule has 0 radical (unpaired) electrons. The molecular weight excluding hydrogens is 288 g/mol. The smallest absolute Gasteiger partial charge is 0.266 e. The van der Waals surface area contributed by atoms with Crippen LogP contribution >= 0.6 is 11.6 Å². The molecule has 5 heteroatoms. The van der Waals surface area contributed by atoms with Gasteiger partial charge in [-0.1, -0.05) is 30.3 Å². The van der Waals surface area contributed by atoms with Crippen molar-refractivity contribution in [3.05, 3.63) is 63.6 Å². The monoisotopic (exact) mass is 300 g/mol. The van der Waals surface area contributed by atoms with E-state index in [1.165, 1.54) is 0 Å². The number of H-pyrrole nitrogens is 1. The van der Waals surface area contributed by atoms with Gasteiger partial charge in [-0.15, -0.1) is 0 Å². The van der Waals surface area contributed by atoms with E-state index in [0.29, 0.717) is 34.2 Å². The van der Waals surface area contributed by atoms with Crippen molar-refractivity contribution in [2.45, 2.75) is 6.92 Å². The number of aromatic nitrogens is 1. The van der Waals surface area contributed by atoms with Gasteiger partial charge in [0.2, 0.25) is 0 Å². The second-order valence-corrected chi connectivity index (χ2v) is 4.83. The van der Waals surface area contributed by atoms with Crippen molar-refractivity contribution in [1.29, 1.82) is 5.26 Å². The Hall–Kier alpha value is -2.51. The van der Waals surface area contributed by atoms with Crippen LogP contribution in [-0.2, 0) is 0 Å². The van der Waals surface area contributed by atoms with E-state index in [1.54, 1.807) is 37.3 Å². The van der Waals surface area contributed by atoms with Gasteiger partial charge in [-0.3, -0.25) is 4.79 Å². The highest BCUT2D eigenvalue weighted by Gasteiger charge is 2.12. The van der Waals surface area contributed by atoms with Gasteiger partial charge in [0.1, 0.15) is 24.0 Å². The van der Waals surface area contributed by atoms with Gasteiger partial charge in [-0.2, -0.15) is 5.26 Å². The predicted octanol–water partition coefficient (Wildman–Crippen LogP) is 3.44. The van der Waals surface area contributed by atoms with Crippen LogP contribution in [0.15, 0.2) is 41.7 Å². The molecule has 21 heavy (non-hydrogen) atoms. The number of aryl methyl sites for hydroxylation is 1. The van der Waals surface area contributed by atoms with Crippen molar-refractivity contribution in [2.75, 3.05) is 6.61 Å². The highest BCUT2D eigenvalue weighted by Crippen LogP contribution is 2.31. The van der Waals surface area contributed by atoms with Crippen LogP contribution in [0, 0.1) is 18.3 Å². The van der Waals surface area contributed by atoms with Crippen molar-refractivity contribution < 1.29 is 4.74 Å². The van der Waals surface area contributed by atoms with E-state index in [1.807, 2.05) is 6.07 Å². The second-order valence-electron chi connectivity index (χ2n) is 4.43. The highest BCUT2D eigenvalue weighted by molar-refractivity contribution is 6.32. The predicted molar refractivity (Wildman–Crippen MR) is 82.7 cm³/mol. The van der Waals surface area contributed by atoms with Crippen molar-refractivity contribution in [1.82, 2.24) is 4.98 Å². The standard InChI is InChI=1S/C16H13ClN2O2/c1-3-6-21-15-5-4-11(8-14(15)17)12-7-10(2)19-16(20)13(12)9-18/h3-5,7-8H,1,6H2,2H3,(H,19,20). The number of ether oxygens (including phenoxy) is 1. The minimum atomic E-state index is -0.407. The van der Waals surface area contributed by atoms with Gasteiger partial charge in [-0.05, 0) is 30.7 Å². The number of halogens is 1. The van der Waals surface area contributed by atoms with Gasteiger partial charge in [0, 0.05) is 11.3 Å². The van der Waals surface area contributed by atoms with E-state index in [-0.39, 0.29) is 5.56 Å². The van der Waals surface area contributed by atoms with E-state index in [4.69, 9.17) is 21.6 Å². The Labute approximate surface area is 127 Å². The molecule has 1 aromatic heterocycles. The van der Waals surface area contributed by atoms with Gasteiger partial charge < -0.3 is 9.72 Å². The zero-order valence-electron chi connectivity index (χ0n) is 11.4. The maximum atomic E-state index is 11.8. The molecule has 2 rings (SSSR count). The molecule has 0 bridgehead atoms. The van der Waals surface area contributed by atoms with Gasteiger partial charge in [-0.25, -0.2) is 0 Å². The number of hydrogen-bond donors (Lipinski definition) is 1. The quantitative estimate of drug-likeness (QED) is 0.880. The minimum Gasteiger partial charge on any atom is -0.488 e. The fourth-order valence-electron chi connectivity index (χ4n) is 1.96. The van der Waals surface area contributed by atoms with E-state index in [9.17, 15) is 4.79 Å². The molecular formula is C16H13ClN2O2. The molecule has 0 spiro atoms. The number of nitrogens with one attached hydrogen (secondary N) is 1. The van der Waals surface area contributed by atoms with Crippen LogP contribution in [0.3, 0.4) is 0 Å². The summed E-state index contributed by atoms with van der Waals surface area (Å²) in [4.78, 5) is 14.4. The first-order valence-corrected chi connectivity index (χ1v) is 6.62. The van der Waals surface area contributed by atoms with E-state index < -0.39 is 5.56 Å². The molecule has 0 unspecified atom stereocenters. The molecule has 1 N–H and O–H groups in total. The second kappa shape index (κ2) is 6.29. The van der Waals surface area contributed by atoms with Crippen LogP contribution in [0.25, 0.3) is 11.1 Å². The first kappa shape index (κ1) is 14.9. The average Bonchev–Trinajstić information content (AvgIpc) is 2.45. The molecule has 0 saturated heterocycles.